The summed E-state index contributed by atoms with van der Waals surface area (Å²) in [6.07, 6.45) is 1.63. The average molecular weight is 269 g/mol. The van der Waals surface area contributed by atoms with Gasteiger partial charge in [0.1, 0.15) is 10.9 Å². The van der Waals surface area contributed by atoms with E-state index in [0.29, 0.717) is 16.7 Å². The van der Waals surface area contributed by atoms with E-state index in [2.05, 4.69) is 10.3 Å². The van der Waals surface area contributed by atoms with Crippen LogP contribution in [-0.4, -0.2) is 10.1 Å². The summed E-state index contributed by atoms with van der Waals surface area (Å²) in [6, 6.07) is 8.65. The van der Waals surface area contributed by atoms with Crippen LogP contribution in [0.3, 0.4) is 0 Å². The van der Waals surface area contributed by atoms with Crippen LogP contribution in [0.2, 0.25) is 10.2 Å². The molecule has 0 aliphatic carbocycles. The van der Waals surface area contributed by atoms with E-state index in [9.17, 15) is 5.11 Å². The quantitative estimate of drug-likeness (QED) is 0.835. The van der Waals surface area contributed by atoms with Crippen LogP contribution >= 0.6 is 23.2 Å². The first kappa shape index (κ1) is 12.0. The Labute approximate surface area is 109 Å². The summed E-state index contributed by atoms with van der Waals surface area (Å²) in [7, 11) is 0. The van der Waals surface area contributed by atoms with Gasteiger partial charge in [-0.15, -0.1) is 0 Å². The largest absolute Gasteiger partial charge is 0.506 e. The van der Waals surface area contributed by atoms with Gasteiger partial charge in [0.05, 0.1) is 5.02 Å². The van der Waals surface area contributed by atoms with Crippen molar-refractivity contribution in [2.24, 2.45) is 0 Å². The first-order chi connectivity index (χ1) is 8.15. The molecule has 3 nitrogen and oxygen atoms in total. The van der Waals surface area contributed by atoms with Gasteiger partial charge in [0.15, 0.2) is 0 Å². The minimum atomic E-state index is 0.0855. The number of anilines is 1. The SMILES string of the molecule is Oc1ccc(CNc2ccnc(Cl)c2)cc1Cl. The Hall–Kier alpha value is -1.45. The average Bonchev–Trinajstić information content (AvgIpc) is 2.31. The fraction of sp³-hybridized carbons (Fsp3) is 0.0833. The van der Waals surface area contributed by atoms with Crippen LogP contribution in [0.5, 0.6) is 5.75 Å². The van der Waals surface area contributed by atoms with Gasteiger partial charge in [0.25, 0.3) is 0 Å². The molecule has 1 aromatic heterocycles. The number of pyridine rings is 1. The van der Waals surface area contributed by atoms with Gasteiger partial charge >= 0.3 is 0 Å². The van der Waals surface area contributed by atoms with Crippen molar-refractivity contribution in [3.8, 4) is 5.75 Å². The fourth-order valence-corrected chi connectivity index (χ4v) is 1.75. The van der Waals surface area contributed by atoms with Gasteiger partial charge in [-0.25, -0.2) is 4.98 Å². The zero-order valence-electron chi connectivity index (χ0n) is 8.82. The maximum absolute atomic E-state index is 9.29. The molecule has 2 aromatic rings. The predicted molar refractivity (Wildman–Crippen MR) is 69.7 cm³/mol. The first-order valence-corrected chi connectivity index (χ1v) is 5.73. The van der Waals surface area contributed by atoms with E-state index >= 15 is 0 Å². The predicted octanol–water partition coefficient (Wildman–Crippen LogP) is 3.71. The molecular weight excluding hydrogens is 259 g/mol. The Morgan fingerprint density at radius 1 is 1.18 bits per heavy atom. The molecule has 5 heteroatoms. The molecule has 2 rings (SSSR count). The maximum Gasteiger partial charge on any atom is 0.134 e. The Kier molecular flexibility index (Phi) is 3.71. The lowest BCUT2D eigenvalue weighted by molar-refractivity contribution is 0.475. The molecule has 0 fully saturated rings. The molecule has 0 saturated carbocycles. The molecule has 0 spiro atoms. The summed E-state index contributed by atoms with van der Waals surface area (Å²) in [4.78, 5) is 3.89. The zero-order valence-corrected chi connectivity index (χ0v) is 10.3. The van der Waals surface area contributed by atoms with E-state index in [0.717, 1.165) is 11.3 Å². The highest BCUT2D eigenvalue weighted by Crippen LogP contribution is 2.24. The van der Waals surface area contributed by atoms with Crippen LogP contribution in [-0.2, 0) is 6.54 Å². The minimum Gasteiger partial charge on any atom is -0.506 e. The highest BCUT2D eigenvalue weighted by atomic mass is 35.5. The number of hydrogen-bond acceptors (Lipinski definition) is 3. The molecular formula is C12H10Cl2N2O. The number of phenols is 1. The minimum absolute atomic E-state index is 0.0855. The van der Waals surface area contributed by atoms with Crippen LogP contribution in [0.15, 0.2) is 36.5 Å². The Balaban J connectivity index is 2.05. The van der Waals surface area contributed by atoms with Crippen LogP contribution in [0, 0.1) is 0 Å². The number of aromatic hydroxyl groups is 1. The number of hydrogen-bond donors (Lipinski definition) is 2. The summed E-state index contributed by atoms with van der Waals surface area (Å²) < 4.78 is 0. The van der Waals surface area contributed by atoms with Crippen molar-refractivity contribution in [1.29, 1.82) is 0 Å². The summed E-state index contributed by atoms with van der Waals surface area (Å²) in [5.74, 6) is 0.0855. The number of nitrogens with zero attached hydrogens (tertiary/aromatic N) is 1. The molecule has 17 heavy (non-hydrogen) atoms. The highest BCUT2D eigenvalue weighted by molar-refractivity contribution is 6.32. The first-order valence-electron chi connectivity index (χ1n) is 4.98. The Bertz CT molecular complexity index is 532. The molecule has 0 unspecified atom stereocenters. The second kappa shape index (κ2) is 5.25. The van der Waals surface area contributed by atoms with Crippen LogP contribution in [0.1, 0.15) is 5.56 Å². The van der Waals surface area contributed by atoms with Crippen molar-refractivity contribution < 1.29 is 5.11 Å². The number of phenolic OH excluding ortho intramolecular Hbond substituents is 1. The number of halogens is 2. The number of aromatic nitrogens is 1. The second-order valence-electron chi connectivity index (χ2n) is 3.51. The van der Waals surface area contributed by atoms with Crippen LogP contribution in [0.25, 0.3) is 0 Å². The molecule has 1 heterocycles. The van der Waals surface area contributed by atoms with Gasteiger partial charge < -0.3 is 10.4 Å². The summed E-state index contributed by atoms with van der Waals surface area (Å²) in [5.41, 5.74) is 1.86. The molecule has 0 atom stereocenters. The fourth-order valence-electron chi connectivity index (χ4n) is 1.38. The van der Waals surface area contributed by atoms with Crippen molar-refractivity contribution in [2.75, 3.05) is 5.32 Å². The lowest BCUT2D eigenvalue weighted by Crippen LogP contribution is -1.99. The van der Waals surface area contributed by atoms with Gasteiger partial charge in [0.2, 0.25) is 0 Å². The number of benzene rings is 1. The van der Waals surface area contributed by atoms with Gasteiger partial charge in [-0.1, -0.05) is 29.3 Å². The normalized spacial score (nSPS) is 10.2. The standard InChI is InChI=1S/C12H10Cl2N2O/c13-10-5-8(1-2-11(10)17)7-16-9-3-4-15-12(14)6-9/h1-6,17H,7H2,(H,15,16). The molecule has 0 bridgehead atoms. The van der Waals surface area contributed by atoms with Crippen molar-refractivity contribution in [3.05, 3.63) is 52.3 Å². The molecule has 1 aromatic carbocycles. The van der Waals surface area contributed by atoms with Crippen LogP contribution in [0.4, 0.5) is 5.69 Å². The smallest absolute Gasteiger partial charge is 0.134 e. The number of nitrogens with one attached hydrogen (secondary N) is 1. The highest BCUT2D eigenvalue weighted by Gasteiger charge is 2.00. The van der Waals surface area contributed by atoms with Gasteiger partial charge in [-0.05, 0) is 29.8 Å². The Morgan fingerprint density at radius 3 is 2.71 bits per heavy atom. The van der Waals surface area contributed by atoms with Gasteiger partial charge in [0, 0.05) is 18.4 Å². The van der Waals surface area contributed by atoms with Crippen molar-refractivity contribution in [1.82, 2.24) is 4.98 Å². The summed E-state index contributed by atoms with van der Waals surface area (Å²) in [5, 5.41) is 13.3. The third-order valence-electron chi connectivity index (χ3n) is 2.24. The molecule has 0 aliphatic heterocycles. The van der Waals surface area contributed by atoms with Crippen molar-refractivity contribution in [2.45, 2.75) is 6.54 Å². The number of rotatable bonds is 3. The third-order valence-corrected chi connectivity index (χ3v) is 2.74. The van der Waals surface area contributed by atoms with Gasteiger partial charge in [-0.2, -0.15) is 0 Å². The van der Waals surface area contributed by atoms with Gasteiger partial charge in [-0.3, -0.25) is 0 Å². The van der Waals surface area contributed by atoms with E-state index in [1.165, 1.54) is 0 Å². The lowest BCUT2D eigenvalue weighted by atomic mass is 10.2. The lowest BCUT2D eigenvalue weighted by Gasteiger charge is -2.07. The molecule has 0 amide bonds. The van der Waals surface area contributed by atoms with Crippen molar-refractivity contribution >= 4 is 28.9 Å². The second-order valence-corrected chi connectivity index (χ2v) is 4.30. The molecule has 0 aliphatic rings. The molecule has 2 N–H and O–H groups in total. The topological polar surface area (TPSA) is 45.1 Å². The van der Waals surface area contributed by atoms with Crippen molar-refractivity contribution in [3.63, 3.8) is 0 Å². The Morgan fingerprint density at radius 2 is 2.00 bits per heavy atom. The summed E-state index contributed by atoms with van der Waals surface area (Å²) in [6.45, 7) is 0.598. The molecule has 0 radical (unpaired) electrons. The van der Waals surface area contributed by atoms with E-state index in [-0.39, 0.29) is 5.75 Å². The zero-order chi connectivity index (χ0) is 12.3. The summed E-state index contributed by atoms with van der Waals surface area (Å²) >= 11 is 11.6. The monoisotopic (exact) mass is 268 g/mol. The molecule has 0 saturated heterocycles. The van der Waals surface area contributed by atoms with Crippen LogP contribution < -0.4 is 5.32 Å². The van der Waals surface area contributed by atoms with E-state index in [1.54, 1.807) is 30.5 Å². The van der Waals surface area contributed by atoms with E-state index in [1.807, 2.05) is 6.07 Å². The van der Waals surface area contributed by atoms with E-state index < -0.39 is 0 Å². The molecule has 88 valence electrons. The van der Waals surface area contributed by atoms with E-state index in [4.69, 9.17) is 23.2 Å². The maximum atomic E-state index is 9.29. The third kappa shape index (κ3) is 3.25.